The summed E-state index contributed by atoms with van der Waals surface area (Å²) in [5.74, 6) is -2.60. The molecule has 0 aliphatic rings. The molecule has 0 spiro atoms. The van der Waals surface area contributed by atoms with E-state index in [0.717, 1.165) is 7.11 Å². The van der Waals surface area contributed by atoms with Gasteiger partial charge in [-0.3, -0.25) is 9.59 Å². The molecule has 0 aromatic carbocycles. The molecular weight excluding hydrogens is 250 g/mol. The second kappa shape index (κ2) is 7.23. The Labute approximate surface area is 100 Å². The maximum atomic E-state index is 11.3. The number of carbonyl (C=O) groups is 2. The SMILES string of the molecule is COC(=O)CS(=O)(=O)NCC(C)CCC(=O)O. The molecule has 0 saturated carbocycles. The first-order valence-corrected chi connectivity index (χ1v) is 6.68. The number of carboxylic acids is 1. The van der Waals surface area contributed by atoms with Gasteiger partial charge in [0.2, 0.25) is 10.0 Å². The minimum Gasteiger partial charge on any atom is -0.481 e. The number of nitrogens with one attached hydrogen (secondary N) is 1. The summed E-state index contributed by atoms with van der Waals surface area (Å²) in [6.45, 7) is 1.83. The normalized spacial score (nSPS) is 13.1. The van der Waals surface area contributed by atoms with Crippen molar-refractivity contribution in [1.82, 2.24) is 4.72 Å². The van der Waals surface area contributed by atoms with E-state index in [1.54, 1.807) is 6.92 Å². The Morgan fingerprint density at radius 3 is 2.47 bits per heavy atom. The van der Waals surface area contributed by atoms with Gasteiger partial charge in [0.05, 0.1) is 7.11 Å². The van der Waals surface area contributed by atoms with E-state index in [0.29, 0.717) is 6.42 Å². The van der Waals surface area contributed by atoms with Crippen LogP contribution < -0.4 is 4.72 Å². The highest BCUT2D eigenvalue weighted by atomic mass is 32.2. The van der Waals surface area contributed by atoms with Gasteiger partial charge in [-0.05, 0) is 12.3 Å². The molecule has 0 bridgehead atoms. The molecule has 1 atom stereocenters. The molecule has 8 heteroatoms. The average molecular weight is 267 g/mol. The van der Waals surface area contributed by atoms with Crippen molar-refractivity contribution >= 4 is 22.0 Å². The van der Waals surface area contributed by atoms with E-state index >= 15 is 0 Å². The number of hydrogen-bond donors (Lipinski definition) is 2. The second-order valence-corrected chi connectivity index (χ2v) is 5.53. The summed E-state index contributed by atoms with van der Waals surface area (Å²) in [7, 11) is -2.59. The van der Waals surface area contributed by atoms with Gasteiger partial charge in [0, 0.05) is 13.0 Å². The molecule has 100 valence electrons. The summed E-state index contributed by atoms with van der Waals surface area (Å²) in [6, 6.07) is 0. The van der Waals surface area contributed by atoms with Gasteiger partial charge in [-0.1, -0.05) is 6.92 Å². The van der Waals surface area contributed by atoms with E-state index in [1.807, 2.05) is 0 Å². The Balaban J connectivity index is 4.01. The van der Waals surface area contributed by atoms with Crippen LogP contribution in [-0.4, -0.2) is 44.9 Å². The minimum atomic E-state index is -3.70. The van der Waals surface area contributed by atoms with E-state index in [4.69, 9.17) is 5.11 Å². The summed E-state index contributed by atoms with van der Waals surface area (Å²) in [4.78, 5) is 21.1. The lowest BCUT2D eigenvalue weighted by Crippen LogP contribution is -2.33. The van der Waals surface area contributed by atoms with E-state index in [9.17, 15) is 18.0 Å². The van der Waals surface area contributed by atoms with Crippen LogP contribution in [0.2, 0.25) is 0 Å². The van der Waals surface area contributed by atoms with Crippen LogP contribution in [0.1, 0.15) is 19.8 Å². The quantitative estimate of drug-likeness (QED) is 0.578. The summed E-state index contributed by atoms with van der Waals surface area (Å²) < 4.78 is 29.1. The van der Waals surface area contributed by atoms with Crippen LogP contribution >= 0.6 is 0 Å². The van der Waals surface area contributed by atoms with Gasteiger partial charge in [-0.2, -0.15) is 0 Å². The van der Waals surface area contributed by atoms with Gasteiger partial charge in [-0.25, -0.2) is 13.1 Å². The summed E-state index contributed by atoms with van der Waals surface area (Å²) in [5.41, 5.74) is 0. The predicted molar refractivity (Wildman–Crippen MR) is 59.8 cm³/mol. The molecule has 0 amide bonds. The largest absolute Gasteiger partial charge is 0.481 e. The lowest BCUT2D eigenvalue weighted by molar-refractivity contribution is -0.138. The third-order valence-electron chi connectivity index (χ3n) is 2.04. The first-order valence-electron chi connectivity index (χ1n) is 5.02. The van der Waals surface area contributed by atoms with Gasteiger partial charge < -0.3 is 9.84 Å². The molecule has 0 radical (unpaired) electrons. The van der Waals surface area contributed by atoms with E-state index in [1.165, 1.54) is 0 Å². The number of aliphatic carboxylic acids is 1. The van der Waals surface area contributed by atoms with Crippen molar-refractivity contribution in [2.75, 3.05) is 19.4 Å². The number of carboxylic acid groups (broad SMARTS) is 1. The molecule has 0 aromatic rings. The van der Waals surface area contributed by atoms with Crippen molar-refractivity contribution < 1.29 is 27.9 Å². The third-order valence-corrected chi connectivity index (χ3v) is 3.26. The summed E-state index contributed by atoms with van der Waals surface area (Å²) >= 11 is 0. The Bertz CT molecular complexity index is 364. The predicted octanol–water partition coefficient (Wildman–Crippen LogP) is -0.420. The zero-order valence-corrected chi connectivity index (χ0v) is 10.6. The highest BCUT2D eigenvalue weighted by Gasteiger charge is 2.17. The minimum absolute atomic E-state index is 0.0140. The van der Waals surface area contributed by atoms with Crippen LogP contribution in [-0.2, 0) is 24.3 Å². The Morgan fingerprint density at radius 2 is 2.00 bits per heavy atom. The topological polar surface area (TPSA) is 110 Å². The lowest BCUT2D eigenvalue weighted by Gasteiger charge is -2.11. The van der Waals surface area contributed by atoms with Crippen LogP contribution in [0.25, 0.3) is 0 Å². The van der Waals surface area contributed by atoms with Crippen LogP contribution in [0.4, 0.5) is 0 Å². The van der Waals surface area contributed by atoms with Crippen molar-refractivity contribution in [1.29, 1.82) is 0 Å². The van der Waals surface area contributed by atoms with Gasteiger partial charge in [0.15, 0.2) is 5.75 Å². The number of rotatable bonds is 8. The van der Waals surface area contributed by atoms with Crippen LogP contribution in [0, 0.1) is 5.92 Å². The smallest absolute Gasteiger partial charge is 0.322 e. The Hall–Kier alpha value is -1.15. The molecule has 0 aliphatic heterocycles. The van der Waals surface area contributed by atoms with Crippen molar-refractivity contribution in [3.63, 3.8) is 0 Å². The molecule has 2 N–H and O–H groups in total. The zero-order valence-electron chi connectivity index (χ0n) is 9.80. The molecule has 17 heavy (non-hydrogen) atoms. The molecule has 0 aromatic heterocycles. The maximum absolute atomic E-state index is 11.3. The molecule has 7 nitrogen and oxygen atoms in total. The first-order chi connectivity index (χ1) is 7.76. The standard InChI is InChI=1S/C9H17NO6S/c1-7(3-4-8(11)12)5-10-17(14,15)6-9(13)16-2/h7,10H,3-6H2,1-2H3,(H,11,12). The molecule has 0 heterocycles. The summed E-state index contributed by atoms with van der Waals surface area (Å²) in [6.07, 6.45) is 0.357. The number of esters is 1. The number of carbonyl (C=O) groups excluding carboxylic acids is 1. The van der Waals surface area contributed by atoms with E-state index in [-0.39, 0.29) is 18.9 Å². The number of methoxy groups -OCH3 is 1. The van der Waals surface area contributed by atoms with Crippen molar-refractivity contribution in [2.24, 2.45) is 5.92 Å². The van der Waals surface area contributed by atoms with Crippen molar-refractivity contribution in [3.8, 4) is 0 Å². The number of sulfonamides is 1. The monoisotopic (exact) mass is 267 g/mol. The van der Waals surface area contributed by atoms with Crippen molar-refractivity contribution in [3.05, 3.63) is 0 Å². The lowest BCUT2D eigenvalue weighted by atomic mass is 10.1. The number of ether oxygens (including phenoxy) is 1. The Morgan fingerprint density at radius 1 is 1.41 bits per heavy atom. The second-order valence-electron chi connectivity index (χ2n) is 3.72. The summed E-state index contributed by atoms with van der Waals surface area (Å²) in [5, 5.41) is 8.44. The number of hydrogen-bond acceptors (Lipinski definition) is 5. The molecular formula is C9H17NO6S. The van der Waals surface area contributed by atoms with Gasteiger partial charge in [0.1, 0.15) is 0 Å². The average Bonchev–Trinajstić information content (AvgIpc) is 2.22. The third kappa shape index (κ3) is 8.64. The molecule has 0 saturated heterocycles. The fourth-order valence-corrected chi connectivity index (χ4v) is 2.07. The van der Waals surface area contributed by atoms with E-state index < -0.39 is 27.7 Å². The van der Waals surface area contributed by atoms with Crippen LogP contribution in [0.3, 0.4) is 0 Å². The molecule has 1 unspecified atom stereocenters. The molecule has 0 aliphatic carbocycles. The van der Waals surface area contributed by atoms with E-state index in [2.05, 4.69) is 9.46 Å². The Kier molecular flexibility index (Phi) is 6.74. The van der Waals surface area contributed by atoms with Crippen molar-refractivity contribution in [2.45, 2.75) is 19.8 Å². The highest BCUT2D eigenvalue weighted by molar-refractivity contribution is 7.90. The van der Waals surface area contributed by atoms with Gasteiger partial charge >= 0.3 is 11.9 Å². The van der Waals surface area contributed by atoms with Gasteiger partial charge in [-0.15, -0.1) is 0 Å². The first kappa shape index (κ1) is 15.9. The molecule has 0 rings (SSSR count). The van der Waals surface area contributed by atoms with Crippen LogP contribution in [0.15, 0.2) is 0 Å². The maximum Gasteiger partial charge on any atom is 0.322 e. The zero-order chi connectivity index (χ0) is 13.5. The fourth-order valence-electron chi connectivity index (χ4n) is 1.01. The molecule has 0 fully saturated rings. The van der Waals surface area contributed by atoms with Crippen LogP contribution in [0.5, 0.6) is 0 Å². The van der Waals surface area contributed by atoms with Gasteiger partial charge in [0.25, 0.3) is 0 Å². The fraction of sp³-hybridized carbons (Fsp3) is 0.778. The highest BCUT2D eigenvalue weighted by Crippen LogP contribution is 2.04.